The maximum absolute atomic E-state index is 3.67. The van der Waals surface area contributed by atoms with Crippen molar-refractivity contribution in [2.75, 3.05) is 24.5 Å². The smallest absolute Gasteiger partial charge is 0.0399 e. The molecule has 1 heterocycles. The maximum atomic E-state index is 3.67. The summed E-state index contributed by atoms with van der Waals surface area (Å²) in [5.74, 6) is 0. The Kier molecular flexibility index (Phi) is 4.74. The lowest BCUT2D eigenvalue weighted by Gasteiger charge is -2.39. The van der Waals surface area contributed by atoms with E-state index in [1.54, 1.807) is 0 Å². The first-order valence-corrected chi connectivity index (χ1v) is 7.99. The van der Waals surface area contributed by atoms with Crippen molar-refractivity contribution >= 4 is 5.69 Å². The quantitative estimate of drug-likeness (QED) is 0.899. The average molecular weight is 274 g/mol. The molecule has 1 atom stereocenters. The molecule has 0 amide bonds. The van der Waals surface area contributed by atoms with Gasteiger partial charge in [-0.3, -0.25) is 0 Å². The van der Waals surface area contributed by atoms with Crippen LogP contribution in [0.25, 0.3) is 0 Å². The molecule has 20 heavy (non-hydrogen) atoms. The minimum Gasteiger partial charge on any atom is -0.370 e. The first-order valence-electron chi connectivity index (χ1n) is 7.99. The van der Waals surface area contributed by atoms with Gasteiger partial charge >= 0.3 is 0 Å². The Morgan fingerprint density at radius 3 is 2.70 bits per heavy atom. The van der Waals surface area contributed by atoms with Crippen LogP contribution in [0, 0.1) is 12.3 Å². The van der Waals surface area contributed by atoms with Gasteiger partial charge < -0.3 is 10.2 Å². The van der Waals surface area contributed by atoms with Gasteiger partial charge in [0.2, 0.25) is 0 Å². The van der Waals surface area contributed by atoms with Crippen molar-refractivity contribution in [3.8, 4) is 0 Å². The molecule has 0 saturated carbocycles. The van der Waals surface area contributed by atoms with Crippen molar-refractivity contribution in [2.24, 2.45) is 5.41 Å². The highest BCUT2D eigenvalue weighted by Gasteiger charge is 2.27. The average Bonchev–Trinajstić information content (AvgIpc) is 2.37. The molecule has 1 unspecified atom stereocenters. The van der Waals surface area contributed by atoms with Crippen molar-refractivity contribution < 1.29 is 0 Å². The summed E-state index contributed by atoms with van der Waals surface area (Å²) < 4.78 is 0. The number of fused-ring (bicyclic) bond motifs is 1. The third-order valence-electron chi connectivity index (χ3n) is 4.35. The summed E-state index contributed by atoms with van der Waals surface area (Å²) in [5, 5.41) is 3.67. The maximum Gasteiger partial charge on any atom is 0.0399 e. The monoisotopic (exact) mass is 274 g/mol. The Morgan fingerprint density at radius 1 is 1.30 bits per heavy atom. The third kappa shape index (κ3) is 3.54. The molecule has 0 aromatic heterocycles. The zero-order chi connectivity index (χ0) is 14.8. The van der Waals surface area contributed by atoms with Crippen LogP contribution in [0.5, 0.6) is 0 Å². The number of likely N-dealkylation sites (N-methyl/N-ethyl adjacent to an activating group) is 1. The Hall–Kier alpha value is -1.02. The number of hydrogen-bond donors (Lipinski definition) is 1. The molecule has 2 heteroatoms. The van der Waals surface area contributed by atoms with Crippen molar-refractivity contribution in [1.82, 2.24) is 5.32 Å². The second-order valence-corrected chi connectivity index (χ2v) is 7.16. The van der Waals surface area contributed by atoms with Crippen molar-refractivity contribution in [3.05, 3.63) is 29.3 Å². The molecular weight excluding hydrogens is 244 g/mol. The highest BCUT2D eigenvalue weighted by atomic mass is 15.2. The molecule has 0 aliphatic carbocycles. The molecule has 2 rings (SSSR count). The normalized spacial score (nSPS) is 16.9. The summed E-state index contributed by atoms with van der Waals surface area (Å²) in [5.41, 5.74) is 4.65. The van der Waals surface area contributed by atoms with E-state index >= 15 is 0 Å². The minimum atomic E-state index is 0.290. The number of anilines is 1. The fourth-order valence-electron chi connectivity index (χ4n) is 3.10. The number of rotatable bonds is 4. The Balaban J connectivity index is 2.18. The SMILES string of the molecule is CCNC(CN1CCCc2cc(C)ccc21)C(C)(C)C. The molecule has 0 fully saturated rings. The van der Waals surface area contributed by atoms with E-state index in [2.05, 4.69) is 63.0 Å². The lowest BCUT2D eigenvalue weighted by Crippen LogP contribution is -2.49. The molecule has 1 aliphatic rings. The molecule has 1 N–H and O–H groups in total. The van der Waals surface area contributed by atoms with Crippen LogP contribution in [0.15, 0.2) is 18.2 Å². The topological polar surface area (TPSA) is 15.3 Å². The van der Waals surface area contributed by atoms with Gasteiger partial charge in [0.25, 0.3) is 0 Å². The van der Waals surface area contributed by atoms with Crippen LogP contribution in [-0.4, -0.2) is 25.7 Å². The number of hydrogen-bond acceptors (Lipinski definition) is 2. The summed E-state index contributed by atoms with van der Waals surface area (Å²) in [6.07, 6.45) is 2.51. The minimum absolute atomic E-state index is 0.290. The van der Waals surface area contributed by atoms with Crippen molar-refractivity contribution in [2.45, 2.75) is 53.5 Å². The molecule has 1 aromatic rings. The van der Waals surface area contributed by atoms with Crippen LogP contribution < -0.4 is 10.2 Å². The van der Waals surface area contributed by atoms with Crippen LogP contribution in [0.2, 0.25) is 0 Å². The third-order valence-corrected chi connectivity index (χ3v) is 4.35. The molecule has 1 aromatic carbocycles. The molecule has 0 bridgehead atoms. The first-order chi connectivity index (χ1) is 9.41. The summed E-state index contributed by atoms with van der Waals surface area (Å²) in [4.78, 5) is 2.58. The number of benzene rings is 1. The van der Waals surface area contributed by atoms with Gasteiger partial charge in [0.05, 0.1) is 0 Å². The van der Waals surface area contributed by atoms with Crippen LogP contribution in [0.4, 0.5) is 5.69 Å². The molecule has 0 radical (unpaired) electrons. The fraction of sp³-hybridized carbons (Fsp3) is 0.667. The predicted molar refractivity (Wildman–Crippen MR) is 88.6 cm³/mol. The predicted octanol–water partition coefficient (Wildman–Crippen LogP) is 3.77. The highest BCUT2D eigenvalue weighted by molar-refractivity contribution is 5.56. The number of nitrogens with one attached hydrogen (secondary N) is 1. The fourth-order valence-corrected chi connectivity index (χ4v) is 3.10. The number of aryl methyl sites for hydroxylation is 2. The van der Waals surface area contributed by atoms with Gasteiger partial charge in [-0.2, -0.15) is 0 Å². The van der Waals surface area contributed by atoms with Gasteiger partial charge in [-0.05, 0) is 43.4 Å². The van der Waals surface area contributed by atoms with E-state index in [4.69, 9.17) is 0 Å². The molecule has 0 spiro atoms. The Bertz CT molecular complexity index is 445. The van der Waals surface area contributed by atoms with E-state index in [1.807, 2.05) is 0 Å². The van der Waals surface area contributed by atoms with Crippen LogP contribution in [0.3, 0.4) is 0 Å². The van der Waals surface area contributed by atoms with Gasteiger partial charge in [-0.1, -0.05) is 45.4 Å². The van der Waals surface area contributed by atoms with Gasteiger partial charge in [-0.25, -0.2) is 0 Å². The van der Waals surface area contributed by atoms with Gasteiger partial charge in [0, 0.05) is 24.8 Å². The van der Waals surface area contributed by atoms with E-state index in [9.17, 15) is 0 Å². The van der Waals surface area contributed by atoms with E-state index < -0.39 is 0 Å². The molecule has 1 aliphatic heterocycles. The summed E-state index contributed by atoms with van der Waals surface area (Å²) in [6, 6.07) is 7.45. The lowest BCUT2D eigenvalue weighted by molar-refractivity contribution is 0.272. The second kappa shape index (κ2) is 6.17. The van der Waals surface area contributed by atoms with E-state index in [0.717, 1.165) is 13.1 Å². The van der Waals surface area contributed by atoms with Crippen LogP contribution >= 0.6 is 0 Å². The highest BCUT2D eigenvalue weighted by Crippen LogP contribution is 2.30. The van der Waals surface area contributed by atoms with Crippen LogP contribution in [-0.2, 0) is 6.42 Å². The zero-order valence-corrected chi connectivity index (χ0v) is 13.8. The summed E-state index contributed by atoms with van der Waals surface area (Å²) >= 11 is 0. The summed E-state index contributed by atoms with van der Waals surface area (Å²) in [6.45, 7) is 14.7. The van der Waals surface area contributed by atoms with Crippen molar-refractivity contribution in [1.29, 1.82) is 0 Å². The standard InChI is InChI=1S/C18H30N2/c1-6-19-17(18(3,4)5)13-20-11-7-8-15-12-14(2)9-10-16(15)20/h9-10,12,17,19H,6-8,11,13H2,1-5H3. The Morgan fingerprint density at radius 2 is 2.05 bits per heavy atom. The second-order valence-electron chi connectivity index (χ2n) is 7.16. The van der Waals surface area contributed by atoms with E-state index in [0.29, 0.717) is 6.04 Å². The Labute approximate surface area is 124 Å². The first kappa shape index (κ1) is 15.4. The van der Waals surface area contributed by atoms with Gasteiger partial charge in [-0.15, -0.1) is 0 Å². The van der Waals surface area contributed by atoms with Crippen molar-refractivity contribution in [3.63, 3.8) is 0 Å². The number of nitrogens with zero attached hydrogens (tertiary/aromatic N) is 1. The van der Waals surface area contributed by atoms with Crippen LogP contribution in [0.1, 0.15) is 45.2 Å². The molecule has 2 nitrogen and oxygen atoms in total. The van der Waals surface area contributed by atoms with Gasteiger partial charge in [0.15, 0.2) is 0 Å². The molecular formula is C18H30N2. The van der Waals surface area contributed by atoms with E-state index in [1.165, 1.54) is 36.2 Å². The van der Waals surface area contributed by atoms with Gasteiger partial charge in [0.1, 0.15) is 0 Å². The van der Waals surface area contributed by atoms with E-state index in [-0.39, 0.29) is 5.41 Å². The lowest BCUT2D eigenvalue weighted by atomic mass is 9.85. The zero-order valence-electron chi connectivity index (χ0n) is 13.8. The summed E-state index contributed by atoms with van der Waals surface area (Å²) in [7, 11) is 0. The largest absolute Gasteiger partial charge is 0.370 e. The molecule has 112 valence electrons. The molecule has 0 saturated heterocycles.